The average Bonchev–Trinajstić information content (AvgIpc) is 3.19. The summed E-state index contributed by atoms with van der Waals surface area (Å²) < 4.78 is 33.6. The smallest absolute Gasteiger partial charge is 0.289 e. The molecule has 136 valence electrons. The fraction of sp³-hybridized carbons (Fsp3) is 0.625. The topological polar surface area (TPSA) is 102 Å². The molecule has 0 aliphatic carbocycles. The van der Waals surface area contributed by atoms with Crippen molar-refractivity contribution >= 4 is 15.7 Å². The lowest BCUT2D eigenvalue weighted by molar-refractivity contribution is -0.387. The summed E-state index contributed by atoms with van der Waals surface area (Å²) in [6.45, 7) is 3.07. The first-order valence-electron chi connectivity index (χ1n) is 8.49. The Kier molecular flexibility index (Phi) is 4.06. The summed E-state index contributed by atoms with van der Waals surface area (Å²) in [5.74, 6) is 0.159. The standard InChI is InChI=1S/C16H21N3O5S/c20-19(21)13-3-1-2-4-15(13)25(22,23)18-11-16(5-7-17-8-6-16)12-9-24-10-14(12)18/h1-4,12,14,17H,5-11H2/t12-,14+/m0/s1. The van der Waals surface area contributed by atoms with Crippen LogP contribution in [-0.2, 0) is 14.8 Å². The number of para-hydroxylation sites is 1. The van der Waals surface area contributed by atoms with Crippen LogP contribution in [0.3, 0.4) is 0 Å². The number of nitrogens with one attached hydrogen (secondary N) is 1. The van der Waals surface area contributed by atoms with Crippen LogP contribution in [0.25, 0.3) is 0 Å². The molecule has 1 spiro atoms. The van der Waals surface area contributed by atoms with E-state index in [-0.39, 0.29) is 28.0 Å². The predicted molar refractivity (Wildman–Crippen MR) is 89.6 cm³/mol. The Morgan fingerprint density at radius 3 is 2.68 bits per heavy atom. The summed E-state index contributed by atoms with van der Waals surface area (Å²) in [6, 6.07) is 5.34. The highest BCUT2D eigenvalue weighted by Gasteiger charge is 2.58. The van der Waals surface area contributed by atoms with E-state index >= 15 is 0 Å². The van der Waals surface area contributed by atoms with Gasteiger partial charge >= 0.3 is 0 Å². The molecule has 4 rings (SSSR count). The van der Waals surface area contributed by atoms with Gasteiger partial charge in [0.25, 0.3) is 5.69 Å². The van der Waals surface area contributed by atoms with Gasteiger partial charge in [0.1, 0.15) is 0 Å². The minimum atomic E-state index is -3.95. The summed E-state index contributed by atoms with van der Waals surface area (Å²) in [5.41, 5.74) is -0.465. The molecule has 0 saturated carbocycles. The maximum Gasteiger partial charge on any atom is 0.289 e. The minimum absolute atomic E-state index is 0.0942. The number of rotatable bonds is 3. The molecule has 2 atom stereocenters. The van der Waals surface area contributed by atoms with Crippen molar-refractivity contribution in [3.8, 4) is 0 Å². The summed E-state index contributed by atoms with van der Waals surface area (Å²) >= 11 is 0. The van der Waals surface area contributed by atoms with Crippen LogP contribution in [0.1, 0.15) is 12.8 Å². The number of fused-ring (bicyclic) bond motifs is 2. The molecular weight excluding hydrogens is 346 g/mol. The van der Waals surface area contributed by atoms with Crippen molar-refractivity contribution < 1.29 is 18.1 Å². The van der Waals surface area contributed by atoms with Crippen molar-refractivity contribution in [2.24, 2.45) is 11.3 Å². The van der Waals surface area contributed by atoms with Gasteiger partial charge < -0.3 is 10.1 Å². The third-order valence-corrected chi connectivity index (χ3v) is 7.84. The van der Waals surface area contributed by atoms with E-state index in [0.29, 0.717) is 19.8 Å². The zero-order valence-electron chi connectivity index (χ0n) is 13.8. The molecule has 0 radical (unpaired) electrons. The molecule has 0 unspecified atom stereocenters. The molecule has 1 aromatic carbocycles. The normalized spacial score (nSPS) is 29.0. The van der Waals surface area contributed by atoms with Gasteiger partial charge in [0.2, 0.25) is 10.0 Å². The Bertz CT molecular complexity index is 791. The van der Waals surface area contributed by atoms with E-state index in [2.05, 4.69) is 5.32 Å². The van der Waals surface area contributed by atoms with Gasteiger partial charge in [-0.2, -0.15) is 4.31 Å². The van der Waals surface area contributed by atoms with E-state index in [1.165, 1.54) is 28.6 Å². The Morgan fingerprint density at radius 2 is 1.96 bits per heavy atom. The summed E-state index contributed by atoms with van der Waals surface area (Å²) in [5, 5.41) is 14.6. The van der Waals surface area contributed by atoms with Gasteiger partial charge in [-0.1, -0.05) is 12.1 Å². The summed E-state index contributed by atoms with van der Waals surface area (Å²) in [4.78, 5) is 10.4. The van der Waals surface area contributed by atoms with Crippen molar-refractivity contribution in [2.45, 2.75) is 23.8 Å². The molecule has 1 aromatic rings. The number of sulfonamides is 1. The van der Waals surface area contributed by atoms with E-state index < -0.39 is 14.9 Å². The van der Waals surface area contributed by atoms with Gasteiger partial charge in [0.15, 0.2) is 4.90 Å². The van der Waals surface area contributed by atoms with E-state index in [4.69, 9.17) is 4.74 Å². The van der Waals surface area contributed by atoms with Gasteiger partial charge in [-0.05, 0) is 37.4 Å². The molecule has 8 nitrogen and oxygen atoms in total. The SMILES string of the molecule is O=[N+]([O-])c1ccccc1S(=O)(=O)N1CC2(CCNCC2)[C@H]2COC[C@H]21. The largest absolute Gasteiger partial charge is 0.379 e. The second-order valence-corrected chi connectivity index (χ2v) is 8.96. The second-order valence-electron chi connectivity index (χ2n) is 7.10. The first-order chi connectivity index (χ1) is 12.0. The van der Waals surface area contributed by atoms with Crippen LogP contribution in [0.2, 0.25) is 0 Å². The van der Waals surface area contributed by atoms with Crippen LogP contribution in [0.4, 0.5) is 5.69 Å². The predicted octanol–water partition coefficient (Wildman–Crippen LogP) is 0.984. The number of benzene rings is 1. The highest BCUT2D eigenvalue weighted by molar-refractivity contribution is 7.89. The highest BCUT2D eigenvalue weighted by Crippen LogP contribution is 2.51. The van der Waals surface area contributed by atoms with Crippen molar-refractivity contribution in [1.82, 2.24) is 9.62 Å². The Hall–Kier alpha value is -1.55. The molecule has 25 heavy (non-hydrogen) atoms. The molecule has 3 heterocycles. The molecule has 0 bridgehead atoms. The summed E-state index contributed by atoms with van der Waals surface area (Å²) in [7, 11) is -3.95. The van der Waals surface area contributed by atoms with Crippen LogP contribution in [0.15, 0.2) is 29.2 Å². The van der Waals surface area contributed by atoms with Gasteiger partial charge in [-0.15, -0.1) is 0 Å². The zero-order valence-corrected chi connectivity index (χ0v) is 14.6. The number of ether oxygens (including phenoxy) is 1. The molecule has 1 N–H and O–H groups in total. The number of nitrogens with zero attached hydrogens (tertiary/aromatic N) is 2. The van der Waals surface area contributed by atoms with Gasteiger partial charge in [-0.25, -0.2) is 8.42 Å². The van der Waals surface area contributed by atoms with Crippen molar-refractivity contribution in [2.75, 3.05) is 32.8 Å². The van der Waals surface area contributed by atoms with Crippen molar-refractivity contribution in [3.05, 3.63) is 34.4 Å². The van der Waals surface area contributed by atoms with Crippen LogP contribution < -0.4 is 5.32 Å². The van der Waals surface area contributed by atoms with Crippen LogP contribution in [0, 0.1) is 21.4 Å². The number of nitro groups is 1. The van der Waals surface area contributed by atoms with E-state index in [9.17, 15) is 18.5 Å². The quantitative estimate of drug-likeness (QED) is 0.631. The van der Waals surface area contributed by atoms with Gasteiger partial charge in [0, 0.05) is 18.5 Å². The summed E-state index contributed by atoms with van der Waals surface area (Å²) in [6.07, 6.45) is 1.81. The number of nitro benzene ring substituents is 1. The van der Waals surface area contributed by atoms with Gasteiger partial charge in [0.05, 0.1) is 24.2 Å². The minimum Gasteiger partial charge on any atom is -0.379 e. The average molecular weight is 367 g/mol. The Labute approximate surface area is 146 Å². The lowest BCUT2D eigenvalue weighted by Crippen LogP contribution is -2.43. The van der Waals surface area contributed by atoms with E-state index in [0.717, 1.165) is 25.9 Å². The molecular formula is C16H21N3O5S. The second kappa shape index (κ2) is 6.01. The monoisotopic (exact) mass is 367 g/mol. The van der Waals surface area contributed by atoms with Gasteiger partial charge in [-0.3, -0.25) is 10.1 Å². The van der Waals surface area contributed by atoms with Crippen LogP contribution in [0.5, 0.6) is 0 Å². The zero-order chi connectivity index (χ0) is 17.7. The number of piperidine rings is 1. The fourth-order valence-corrected chi connectivity index (χ4v) is 6.53. The van der Waals surface area contributed by atoms with Crippen molar-refractivity contribution in [1.29, 1.82) is 0 Å². The molecule has 3 fully saturated rings. The Morgan fingerprint density at radius 1 is 1.24 bits per heavy atom. The molecule has 0 aromatic heterocycles. The van der Waals surface area contributed by atoms with E-state index in [1.54, 1.807) is 0 Å². The number of hydrogen-bond donors (Lipinski definition) is 1. The lowest BCUT2D eigenvalue weighted by Gasteiger charge is -2.37. The number of hydrogen-bond acceptors (Lipinski definition) is 6. The first-order valence-corrected chi connectivity index (χ1v) is 9.93. The third-order valence-electron chi connectivity index (χ3n) is 5.93. The molecule has 0 amide bonds. The Balaban J connectivity index is 1.75. The van der Waals surface area contributed by atoms with Crippen LogP contribution >= 0.6 is 0 Å². The van der Waals surface area contributed by atoms with E-state index in [1.807, 2.05) is 0 Å². The molecule has 3 saturated heterocycles. The highest BCUT2D eigenvalue weighted by atomic mass is 32.2. The maximum absolute atomic E-state index is 13.3. The van der Waals surface area contributed by atoms with Crippen LogP contribution in [-0.4, -0.2) is 56.5 Å². The lowest BCUT2D eigenvalue weighted by atomic mass is 9.70. The maximum atomic E-state index is 13.3. The van der Waals surface area contributed by atoms with Crippen molar-refractivity contribution in [3.63, 3.8) is 0 Å². The fourth-order valence-electron chi connectivity index (χ4n) is 4.63. The molecule has 3 aliphatic heterocycles. The first kappa shape index (κ1) is 16.9. The third kappa shape index (κ3) is 2.57. The molecule has 3 aliphatic rings. The molecule has 9 heteroatoms.